The number of hydrogen-bond acceptors (Lipinski definition) is 4. The van der Waals surface area contributed by atoms with Gasteiger partial charge in [0.25, 0.3) is 10.1 Å². The summed E-state index contributed by atoms with van der Waals surface area (Å²) in [6.45, 7) is 4.04. The monoisotopic (exact) mass is 366 g/mol. The number of carboxylic acid groups (broad SMARTS) is 2. The zero-order valence-electron chi connectivity index (χ0n) is 14.5. The van der Waals surface area contributed by atoms with Gasteiger partial charge < -0.3 is 10.2 Å². The van der Waals surface area contributed by atoms with E-state index in [1.54, 1.807) is 0 Å². The molecule has 142 valence electrons. The fraction of sp³-hybridized carbons (Fsp3) is 0.875. The number of unbranched alkanes of at least 4 members (excludes halogenated alkanes) is 4. The van der Waals surface area contributed by atoms with E-state index in [0.717, 1.165) is 38.5 Å². The second-order valence-electron chi connectivity index (χ2n) is 6.41. The Hall–Kier alpha value is -1.15. The van der Waals surface area contributed by atoms with E-state index in [0.29, 0.717) is 12.8 Å². The first kappa shape index (κ1) is 22.9. The number of carboxylic acids is 2. The highest BCUT2D eigenvalue weighted by Crippen LogP contribution is 2.34. The zero-order valence-corrected chi connectivity index (χ0v) is 15.3. The van der Waals surface area contributed by atoms with Crippen molar-refractivity contribution in [3.05, 3.63) is 0 Å². The van der Waals surface area contributed by atoms with Crippen molar-refractivity contribution < 1.29 is 32.8 Å². The van der Waals surface area contributed by atoms with E-state index >= 15 is 0 Å². The van der Waals surface area contributed by atoms with E-state index in [1.807, 2.05) is 6.92 Å². The summed E-state index contributed by atoms with van der Waals surface area (Å²) in [6.07, 6.45) is 5.28. The average molecular weight is 366 g/mol. The second-order valence-corrected chi connectivity index (χ2v) is 8.14. The van der Waals surface area contributed by atoms with Crippen molar-refractivity contribution in [3.8, 4) is 0 Å². The van der Waals surface area contributed by atoms with Crippen molar-refractivity contribution in [1.82, 2.24) is 0 Å². The van der Waals surface area contributed by atoms with Crippen LogP contribution in [0.25, 0.3) is 0 Å². The number of hydrogen-bond donors (Lipinski definition) is 3. The van der Waals surface area contributed by atoms with Crippen LogP contribution in [0.15, 0.2) is 0 Å². The van der Waals surface area contributed by atoms with E-state index in [-0.39, 0.29) is 12.3 Å². The maximum Gasteiger partial charge on any atom is 0.328 e. The Labute approximate surface area is 144 Å². The third-order valence-corrected chi connectivity index (χ3v) is 5.84. The quantitative estimate of drug-likeness (QED) is 0.317. The molecule has 0 spiro atoms. The van der Waals surface area contributed by atoms with Gasteiger partial charge in [-0.25, -0.2) is 0 Å². The molecule has 0 radical (unpaired) electrons. The van der Waals surface area contributed by atoms with Crippen LogP contribution in [0.3, 0.4) is 0 Å². The second kappa shape index (κ2) is 10.7. The number of carbonyl (C=O) groups is 2. The highest BCUT2D eigenvalue weighted by atomic mass is 32.2. The van der Waals surface area contributed by atoms with Gasteiger partial charge in [0, 0.05) is 0 Å². The molecule has 0 aromatic rings. The molecule has 7 nitrogen and oxygen atoms in total. The molecule has 0 aliphatic carbocycles. The molecule has 0 bridgehead atoms. The van der Waals surface area contributed by atoms with E-state index in [2.05, 4.69) is 6.92 Å². The first-order valence-corrected chi connectivity index (χ1v) is 9.97. The van der Waals surface area contributed by atoms with E-state index in [4.69, 9.17) is 5.11 Å². The molecule has 0 rings (SSSR count). The summed E-state index contributed by atoms with van der Waals surface area (Å²) in [5.41, 5.74) is 0. The predicted octanol–water partition coefficient (Wildman–Crippen LogP) is 3.34. The minimum atomic E-state index is -5.06. The molecule has 2 unspecified atom stereocenters. The van der Waals surface area contributed by atoms with Gasteiger partial charge in [0.05, 0.1) is 6.42 Å². The van der Waals surface area contributed by atoms with E-state index < -0.39 is 33.2 Å². The van der Waals surface area contributed by atoms with Crippen molar-refractivity contribution >= 4 is 22.1 Å². The molecule has 8 heteroatoms. The van der Waals surface area contributed by atoms with Gasteiger partial charge in [0.1, 0.15) is 0 Å². The minimum Gasteiger partial charge on any atom is -0.481 e. The van der Waals surface area contributed by atoms with Crippen LogP contribution in [0.1, 0.15) is 78.1 Å². The van der Waals surface area contributed by atoms with Crippen LogP contribution in [-0.4, -0.2) is 39.9 Å². The largest absolute Gasteiger partial charge is 0.481 e. The SMILES string of the molecule is CCCCCCC(CCCC)CC(CC(=O)O)(C(=O)O)S(=O)(=O)O. The smallest absolute Gasteiger partial charge is 0.328 e. The lowest BCUT2D eigenvalue weighted by Crippen LogP contribution is -2.49. The molecule has 24 heavy (non-hydrogen) atoms. The Bertz CT molecular complexity index is 501. The lowest BCUT2D eigenvalue weighted by atomic mass is 9.84. The summed E-state index contributed by atoms with van der Waals surface area (Å²) in [7, 11) is -5.06. The number of rotatable bonds is 14. The van der Waals surface area contributed by atoms with E-state index in [1.165, 1.54) is 0 Å². The molecule has 0 fully saturated rings. The zero-order chi connectivity index (χ0) is 18.8. The maximum atomic E-state index is 11.7. The molecule has 3 N–H and O–H groups in total. The Morgan fingerprint density at radius 1 is 0.958 bits per heavy atom. The molecule has 0 saturated heterocycles. The van der Waals surface area contributed by atoms with Crippen molar-refractivity contribution in [1.29, 1.82) is 0 Å². The Balaban J connectivity index is 5.39. The minimum absolute atomic E-state index is 0.251. The highest BCUT2D eigenvalue weighted by molar-refractivity contribution is 7.88. The maximum absolute atomic E-state index is 11.7. The molecular weight excluding hydrogens is 336 g/mol. The lowest BCUT2D eigenvalue weighted by Gasteiger charge is -2.29. The summed E-state index contributed by atoms with van der Waals surface area (Å²) in [5.74, 6) is -3.61. The van der Waals surface area contributed by atoms with Crippen molar-refractivity contribution in [2.45, 2.75) is 82.8 Å². The van der Waals surface area contributed by atoms with Gasteiger partial charge >= 0.3 is 11.9 Å². The average Bonchev–Trinajstić information content (AvgIpc) is 2.45. The van der Waals surface area contributed by atoms with Crippen LogP contribution in [0, 0.1) is 5.92 Å². The van der Waals surface area contributed by atoms with Gasteiger partial charge in [-0.15, -0.1) is 0 Å². The third-order valence-electron chi connectivity index (χ3n) is 4.37. The van der Waals surface area contributed by atoms with Crippen LogP contribution in [0.2, 0.25) is 0 Å². The molecule has 2 atom stereocenters. The van der Waals surface area contributed by atoms with Gasteiger partial charge in [-0.05, 0) is 12.3 Å². The lowest BCUT2D eigenvalue weighted by molar-refractivity contribution is -0.147. The normalized spacial score (nSPS) is 15.6. The van der Waals surface area contributed by atoms with Crippen molar-refractivity contribution in [2.24, 2.45) is 5.92 Å². The Kier molecular flexibility index (Phi) is 10.1. The first-order chi connectivity index (χ1) is 11.1. The van der Waals surface area contributed by atoms with Crippen LogP contribution >= 0.6 is 0 Å². The Morgan fingerprint density at radius 2 is 1.50 bits per heavy atom. The van der Waals surface area contributed by atoms with Crippen molar-refractivity contribution in [2.75, 3.05) is 0 Å². The molecule has 0 aromatic heterocycles. The molecular formula is C16H30O7S. The van der Waals surface area contributed by atoms with Gasteiger partial charge in [-0.1, -0.05) is 65.2 Å². The van der Waals surface area contributed by atoms with E-state index in [9.17, 15) is 27.7 Å². The van der Waals surface area contributed by atoms with Gasteiger partial charge in [-0.3, -0.25) is 14.1 Å². The summed E-state index contributed by atoms with van der Waals surface area (Å²) in [6, 6.07) is 0. The molecule has 0 aliphatic rings. The van der Waals surface area contributed by atoms with Crippen LogP contribution < -0.4 is 0 Å². The van der Waals surface area contributed by atoms with Crippen LogP contribution in [-0.2, 0) is 19.7 Å². The summed E-state index contributed by atoms with van der Waals surface area (Å²) < 4.78 is 30.2. The molecule has 0 aliphatic heterocycles. The fourth-order valence-electron chi connectivity index (χ4n) is 2.95. The van der Waals surface area contributed by atoms with Crippen molar-refractivity contribution in [3.63, 3.8) is 0 Å². The van der Waals surface area contributed by atoms with Gasteiger partial charge in [0.2, 0.25) is 4.75 Å². The van der Waals surface area contributed by atoms with Gasteiger partial charge in [-0.2, -0.15) is 8.42 Å². The van der Waals surface area contributed by atoms with Crippen LogP contribution in [0.5, 0.6) is 0 Å². The standard InChI is InChI=1S/C16H30O7S/c1-3-5-7-8-10-13(9-6-4-2)11-16(15(19)20,12-14(17)18)24(21,22)23/h13H,3-12H2,1-2H3,(H,17,18)(H,19,20)(H,21,22,23). The molecule has 0 amide bonds. The number of aliphatic carboxylic acids is 2. The topological polar surface area (TPSA) is 129 Å². The van der Waals surface area contributed by atoms with Gasteiger partial charge in [0.15, 0.2) is 0 Å². The summed E-state index contributed by atoms with van der Waals surface area (Å²) in [5, 5.41) is 18.3. The molecule has 0 saturated carbocycles. The molecule has 0 aromatic carbocycles. The molecule has 0 heterocycles. The Morgan fingerprint density at radius 3 is 1.92 bits per heavy atom. The predicted molar refractivity (Wildman–Crippen MR) is 90.6 cm³/mol. The highest BCUT2D eigenvalue weighted by Gasteiger charge is 2.53. The first-order valence-electron chi connectivity index (χ1n) is 8.53. The third kappa shape index (κ3) is 7.17. The summed E-state index contributed by atoms with van der Waals surface area (Å²) >= 11 is 0. The summed E-state index contributed by atoms with van der Waals surface area (Å²) in [4.78, 5) is 22.6. The fourth-order valence-corrected chi connectivity index (χ4v) is 3.93. The van der Waals surface area contributed by atoms with Crippen LogP contribution in [0.4, 0.5) is 0 Å².